The first-order valence-corrected chi connectivity index (χ1v) is 13.2. The van der Waals surface area contributed by atoms with Crippen LogP contribution < -0.4 is 0 Å². The minimum atomic E-state index is -0.289. The van der Waals surface area contributed by atoms with Crippen LogP contribution in [-0.4, -0.2) is 17.2 Å². The molecular weight excluding hydrogens is 408 g/mol. The van der Waals surface area contributed by atoms with E-state index in [0.29, 0.717) is 6.61 Å². The second kappa shape index (κ2) is 11.4. The Morgan fingerprint density at radius 1 is 0.939 bits per heavy atom. The van der Waals surface area contributed by atoms with Crippen LogP contribution in [0.25, 0.3) is 0 Å². The van der Waals surface area contributed by atoms with Crippen molar-refractivity contribution in [2.24, 2.45) is 16.7 Å². The van der Waals surface area contributed by atoms with Gasteiger partial charge in [0, 0.05) is 5.41 Å². The molecule has 1 unspecified atom stereocenters. The number of carbonyl (C=O) groups excluding carboxylic acids is 1. The smallest absolute Gasteiger partial charge is 0.309 e. The molecule has 0 heterocycles. The summed E-state index contributed by atoms with van der Waals surface area (Å²) in [5.74, 6) is -0.155. The van der Waals surface area contributed by atoms with Crippen LogP contribution in [0.15, 0.2) is 30.3 Å². The number of benzene rings is 1. The zero-order chi connectivity index (χ0) is 24.8. The Balaban J connectivity index is 1.92. The normalized spacial score (nSPS) is 23.0. The molecule has 0 bridgehead atoms. The van der Waals surface area contributed by atoms with Crippen molar-refractivity contribution in [2.75, 3.05) is 0 Å². The minimum absolute atomic E-state index is 0.0344. The van der Waals surface area contributed by atoms with Gasteiger partial charge in [-0.15, -0.1) is 0 Å². The summed E-state index contributed by atoms with van der Waals surface area (Å²) in [7, 11) is 0. The van der Waals surface area contributed by atoms with Gasteiger partial charge in [0.1, 0.15) is 6.61 Å². The Kier molecular flexibility index (Phi) is 9.62. The standard InChI is InChI=1S/C30H50O3/c1-9-10-11-12-13-17-20-30(8,27(2,3)4)28(5,6)33-29(7)21-25(22-29)26(31)32-23-24-18-15-14-16-19-24/h14-16,18-19,25H,9-13,17,20-23H2,1-8H3. The Labute approximate surface area is 204 Å². The monoisotopic (exact) mass is 458 g/mol. The summed E-state index contributed by atoms with van der Waals surface area (Å²) in [6, 6.07) is 9.88. The first kappa shape index (κ1) is 27.9. The van der Waals surface area contributed by atoms with E-state index in [1.165, 1.54) is 38.5 Å². The van der Waals surface area contributed by atoms with Gasteiger partial charge in [0.2, 0.25) is 0 Å². The average Bonchev–Trinajstić information content (AvgIpc) is 2.72. The maximum atomic E-state index is 12.6. The van der Waals surface area contributed by atoms with Gasteiger partial charge in [-0.2, -0.15) is 0 Å². The number of ether oxygens (including phenoxy) is 2. The highest BCUT2D eigenvalue weighted by Gasteiger charge is 2.55. The molecule has 1 aliphatic carbocycles. The maximum absolute atomic E-state index is 12.6. The molecule has 1 atom stereocenters. The van der Waals surface area contributed by atoms with Gasteiger partial charge in [0.25, 0.3) is 0 Å². The van der Waals surface area contributed by atoms with Crippen LogP contribution in [0.1, 0.15) is 119 Å². The summed E-state index contributed by atoms with van der Waals surface area (Å²) in [4.78, 5) is 12.6. The molecule has 1 aromatic rings. The zero-order valence-electron chi connectivity index (χ0n) is 22.8. The summed E-state index contributed by atoms with van der Waals surface area (Å²) in [6.45, 7) is 18.8. The highest BCUT2D eigenvalue weighted by Crippen LogP contribution is 2.55. The van der Waals surface area contributed by atoms with Crippen molar-refractivity contribution in [2.45, 2.75) is 131 Å². The molecule has 0 spiro atoms. The number of carbonyl (C=O) groups is 1. The molecule has 1 fully saturated rings. The van der Waals surface area contributed by atoms with Gasteiger partial charge in [-0.1, -0.05) is 103 Å². The quantitative estimate of drug-likeness (QED) is 0.219. The van der Waals surface area contributed by atoms with Crippen molar-refractivity contribution in [3.63, 3.8) is 0 Å². The molecule has 3 heteroatoms. The van der Waals surface area contributed by atoms with Crippen molar-refractivity contribution in [1.29, 1.82) is 0 Å². The molecular formula is C30H50O3. The molecule has 0 aromatic heterocycles. The minimum Gasteiger partial charge on any atom is -0.461 e. The molecule has 2 rings (SSSR count). The molecule has 0 amide bonds. The van der Waals surface area contributed by atoms with Crippen LogP contribution in [-0.2, 0) is 20.9 Å². The summed E-state index contributed by atoms with van der Waals surface area (Å²) in [5.41, 5.74) is 0.623. The molecule has 1 aliphatic rings. The summed E-state index contributed by atoms with van der Waals surface area (Å²) in [6.07, 6.45) is 10.5. The maximum Gasteiger partial charge on any atom is 0.309 e. The first-order valence-electron chi connectivity index (χ1n) is 13.2. The lowest BCUT2D eigenvalue weighted by molar-refractivity contribution is -0.248. The average molecular weight is 459 g/mol. The van der Waals surface area contributed by atoms with E-state index in [9.17, 15) is 4.79 Å². The van der Waals surface area contributed by atoms with Gasteiger partial charge in [-0.25, -0.2) is 0 Å². The van der Waals surface area contributed by atoms with Crippen molar-refractivity contribution in [3.8, 4) is 0 Å². The van der Waals surface area contributed by atoms with Crippen LogP contribution in [0.5, 0.6) is 0 Å². The van der Waals surface area contributed by atoms with E-state index in [1.807, 2.05) is 30.3 Å². The molecule has 0 N–H and O–H groups in total. The topological polar surface area (TPSA) is 35.5 Å². The van der Waals surface area contributed by atoms with E-state index in [2.05, 4.69) is 55.4 Å². The van der Waals surface area contributed by atoms with E-state index >= 15 is 0 Å². The van der Waals surface area contributed by atoms with E-state index in [4.69, 9.17) is 9.47 Å². The molecule has 188 valence electrons. The van der Waals surface area contributed by atoms with E-state index in [0.717, 1.165) is 24.8 Å². The third-order valence-corrected chi connectivity index (χ3v) is 8.43. The predicted molar refractivity (Wildman–Crippen MR) is 138 cm³/mol. The first-order chi connectivity index (χ1) is 15.3. The van der Waals surface area contributed by atoms with Gasteiger partial charge >= 0.3 is 5.97 Å². The number of unbranched alkanes of at least 4 members (excludes halogenated alkanes) is 5. The number of esters is 1. The summed E-state index contributed by atoms with van der Waals surface area (Å²) < 4.78 is 12.5. The molecule has 0 radical (unpaired) electrons. The fraction of sp³-hybridized carbons (Fsp3) is 0.767. The Hall–Kier alpha value is -1.35. The van der Waals surface area contributed by atoms with Crippen molar-refractivity contribution in [3.05, 3.63) is 35.9 Å². The Bertz CT molecular complexity index is 725. The number of hydrogen-bond donors (Lipinski definition) is 0. The third kappa shape index (κ3) is 7.31. The van der Waals surface area contributed by atoms with Crippen molar-refractivity contribution < 1.29 is 14.3 Å². The second-order valence-electron chi connectivity index (χ2n) is 12.4. The zero-order valence-corrected chi connectivity index (χ0v) is 22.8. The predicted octanol–water partition coefficient (Wildman–Crippen LogP) is 8.50. The van der Waals surface area contributed by atoms with Crippen molar-refractivity contribution >= 4 is 5.97 Å². The van der Waals surface area contributed by atoms with Crippen LogP contribution in [0.3, 0.4) is 0 Å². The Morgan fingerprint density at radius 3 is 2.09 bits per heavy atom. The van der Waals surface area contributed by atoms with Gasteiger partial charge in [0.15, 0.2) is 0 Å². The second-order valence-corrected chi connectivity index (χ2v) is 12.4. The lowest BCUT2D eigenvalue weighted by Crippen LogP contribution is -2.58. The van der Waals surface area contributed by atoms with E-state index < -0.39 is 0 Å². The Morgan fingerprint density at radius 2 is 1.52 bits per heavy atom. The SMILES string of the molecule is CCCCCCCCC(C)(C(C)(C)C)C(C)(C)OC1(C)CC(C(=O)OCc2ccccc2)C1. The largest absolute Gasteiger partial charge is 0.461 e. The number of hydrogen-bond acceptors (Lipinski definition) is 3. The summed E-state index contributed by atoms with van der Waals surface area (Å²) in [5, 5.41) is 0. The van der Waals surface area contributed by atoms with Crippen molar-refractivity contribution in [1.82, 2.24) is 0 Å². The molecule has 0 saturated heterocycles. The summed E-state index contributed by atoms with van der Waals surface area (Å²) >= 11 is 0. The van der Waals surface area contributed by atoms with Crippen LogP contribution in [0, 0.1) is 16.7 Å². The van der Waals surface area contributed by atoms with Crippen LogP contribution in [0.4, 0.5) is 0 Å². The van der Waals surface area contributed by atoms with Gasteiger partial charge in [0.05, 0.1) is 17.1 Å². The third-order valence-electron chi connectivity index (χ3n) is 8.43. The molecule has 1 saturated carbocycles. The van der Waals surface area contributed by atoms with Crippen LogP contribution in [0.2, 0.25) is 0 Å². The van der Waals surface area contributed by atoms with Gasteiger partial charge in [-0.3, -0.25) is 4.79 Å². The molecule has 1 aromatic carbocycles. The number of rotatable bonds is 13. The van der Waals surface area contributed by atoms with Gasteiger partial charge < -0.3 is 9.47 Å². The highest BCUT2D eigenvalue weighted by molar-refractivity contribution is 5.74. The lowest BCUT2D eigenvalue weighted by atomic mass is 9.57. The molecule has 3 nitrogen and oxygen atoms in total. The fourth-order valence-electron chi connectivity index (χ4n) is 5.65. The van der Waals surface area contributed by atoms with E-state index in [-0.39, 0.29) is 33.9 Å². The molecule has 0 aliphatic heterocycles. The molecule has 33 heavy (non-hydrogen) atoms. The van der Waals surface area contributed by atoms with Gasteiger partial charge in [-0.05, 0) is 51.0 Å². The fourth-order valence-corrected chi connectivity index (χ4v) is 5.65. The lowest BCUT2D eigenvalue weighted by Gasteiger charge is -2.57. The van der Waals surface area contributed by atoms with Crippen LogP contribution >= 0.6 is 0 Å². The van der Waals surface area contributed by atoms with E-state index in [1.54, 1.807) is 0 Å². The highest BCUT2D eigenvalue weighted by atomic mass is 16.5.